The molecule has 0 aliphatic rings. The number of carbonyl (C=O) groups excluding carboxylic acids is 3. The summed E-state index contributed by atoms with van der Waals surface area (Å²) < 4.78 is 15.8. The predicted octanol–water partition coefficient (Wildman–Crippen LogP) is 6.38. The molecule has 0 unspecified atom stereocenters. The zero-order chi connectivity index (χ0) is 31.1. The summed E-state index contributed by atoms with van der Waals surface area (Å²) >= 11 is 0. The van der Waals surface area contributed by atoms with Crippen LogP contribution in [0.1, 0.15) is 69.7 Å². The van der Waals surface area contributed by atoms with Gasteiger partial charge in [0.05, 0.1) is 18.6 Å². The molecule has 42 heavy (non-hydrogen) atoms. The molecule has 0 aliphatic heterocycles. The predicted molar refractivity (Wildman–Crippen MR) is 161 cm³/mol. The quantitative estimate of drug-likeness (QED) is 0.0822. The number of benzene rings is 2. The summed E-state index contributed by atoms with van der Waals surface area (Å²) in [4.78, 5) is 35.7. The van der Waals surface area contributed by atoms with Crippen molar-refractivity contribution in [3.8, 4) is 0 Å². The van der Waals surface area contributed by atoms with Crippen molar-refractivity contribution in [3.05, 3.63) is 106 Å². The SMILES string of the molecule is CC=C(C)C(=O)OCC(C)(c1ccc(CCCOC(=O)C(O)=CC)cc1)c1ccc(CCCOC(=O)C(O)=CC)cc1. The van der Waals surface area contributed by atoms with Crippen LogP contribution in [0.3, 0.4) is 0 Å². The van der Waals surface area contributed by atoms with Crippen LogP contribution in [0.4, 0.5) is 0 Å². The van der Waals surface area contributed by atoms with Crippen LogP contribution in [0.2, 0.25) is 0 Å². The lowest BCUT2D eigenvalue weighted by Crippen LogP contribution is -2.31. The largest absolute Gasteiger partial charge is 0.502 e. The second-order valence-electron chi connectivity index (χ2n) is 10.1. The zero-order valence-corrected chi connectivity index (χ0v) is 25.1. The van der Waals surface area contributed by atoms with Gasteiger partial charge in [-0.15, -0.1) is 0 Å². The van der Waals surface area contributed by atoms with E-state index >= 15 is 0 Å². The number of aryl methyl sites for hydroxylation is 2. The summed E-state index contributed by atoms with van der Waals surface area (Å²) in [6.45, 7) is 9.21. The van der Waals surface area contributed by atoms with E-state index in [1.54, 1.807) is 33.8 Å². The fourth-order valence-electron chi connectivity index (χ4n) is 4.12. The first-order valence-electron chi connectivity index (χ1n) is 14.1. The Bertz CT molecular complexity index is 1200. The van der Waals surface area contributed by atoms with Gasteiger partial charge in [-0.05, 0) is 94.7 Å². The maximum absolute atomic E-state index is 12.5. The standard InChI is InChI=1S/C34H42O8/c1-6-24(4)31(37)42-23-34(5,27-17-13-25(14-18-27)11-9-21-40-32(38)29(35)7-2)28-19-15-26(16-20-28)12-10-22-41-33(39)30(36)8-3/h6-8,13-20,35-36H,9-12,21-23H2,1-5H3. The monoisotopic (exact) mass is 578 g/mol. The topological polar surface area (TPSA) is 119 Å². The molecular formula is C34H42O8. The number of carbonyl (C=O) groups is 3. The van der Waals surface area contributed by atoms with Crippen molar-refractivity contribution in [2.45, 2.75) is 65.7 Å². The van der Waals surface area contributed by atoms with Gasteiger partial charge in [-0.25, -0.2) is 14.4 Å². The van der Waals surface area contributed by atoms with E-state index in [4.69, 9.17) is 14.2 Å². The Morgan fingerprint density at radius 3 is 1.43 bits per heavy atom. The first-order chi connectivity index (χ1) is 20.0. The molecule has 0 radical (unpaired) electrons. The van der Waals surface area contributed by atoms with E-state index in [1.165, 1.54) is 12.2 Å². The molecule has 8 nitrogen and oxygen atoms in total. The lowest BCUT2D eigenvalue weighted by Gasteiger charge is -2.31. The summed E-state index contributed by atoms with van der Waals surface area (Å²) in [6.07, 6.45) is 6.90. The summed E-state index contributed by atoms with van der Waals surface area (Å²) in [7, 11) is 0. The van der Waals surface area contributed by atoms with E-state index in [1.807, 2.05) is 55.5 Å². The van der Waals surface area contributed by atoms with Crippen LogP contribution in [0.5, 0.6) is 0 Å². The van der Waals surface area contributed by atoms with Crippen molar-refractivity contribution in [3.63, 3.8) is 0 Å². The fourth-order valence-corrected chi connectivity index (χ4v) is 4.12. The molecule has 0 amide bonds. The van der Waals surface area contributed by atoms with Crippen LogP contribution >= 0.6 is 0 Å². The number of aliphatic hydroxyl groups excluding tert-OH is 2. The van der Waals surface area contributed by atoms with Gasteiger partial charge in [0, 0.05) is 5.57 Å². The van der Waals surface area contributed by atoms with Gasteiger partial charge in [-0.3, -0.25) is 0 Å². The molecule has 2 aromatic rings. The molecule has 0 bridgehead atoms. The van der Waals surface area contributed by atoms with Crippen molar-refractivity contribution in [1.82, 2.24) is 0 Å². The van der Waals surface area contributed by atoms with E-state index in [9.17, 15) is 24.6 Å². The maximum Gasteiger partial charge on any atom is 0.373 e. The molecule has 2 aromatic carbocycles. The summed E-state index contributed by atoms with van der Waals surface area (Å²) in [6, 6.07) is 16.1. The minimum absolute atomic E-state index is 0.143. The van der Waals surface area contributed by atoms with Gasteiger partial charge in [-0.1, -0.05) is 54.6 Å². The molecule has 0 heterocycles. The van der Waals surface area contributed by atoms with E-state index in [-0.39, 0.29) is 25.8 Å². The third kappa shape index (κ3) is 9.94. The number of hydrogen-bond acceptors (Lipinski definition) is 8. The minimum atomic E-state index is -0.731. The Hall–Kier alpha value is -4.33. The molecule has 0 aliphatic carbocycles. The van der Waals surface area contributed by atoms with Crippen molar-refractivity contribution in [2.24, 2.45) is 0 Å². The number of esters is 3. The van der Waals surface area contributed by atoms with Crippen LogP contribution in [0, 0.1) is 0 Å². The third-order valence-corrected chi connectivity index (χ3v) is 7.08. The van der Waals surface area contributed by atoms with Crippen LogP contribution in [0.25, 0.3) is 0 Å². The van der Waals surface area contributed by atoms with Crippen molar-refractivity contribution in [1.29, 1.82) is 0 Å². The molecule has 8 heteroatoms. The smallest absolute Gasteiger partial charge is 0.373 e. The molecule has 0 spiro atoms. The zero-order valence-electron chi connectivity index (χ0n) is 25.1. The first kappa shape index (κ1) is 33.9. The molecule has 226 valence electrons. The van der Waals surface area contributed by atoms with Gasteiger partial charge in [-0.2, -0.15) is 0 Å². The third-order valence-electron chi connectivity index (χ3n) is 7.08. The van der Waals surface area contributed by atoms with Crippen LogP contribution in [-0.4, -0.2) is 47.9 Å². The van der Waals surface area contributed by atoms with Crippen LogP contribution < -0.4 is 0 Å². The van der Waals surface area contributed by atoms with Gasteiger partial charge in [0.1, 0.15) is 6.61 Å². The minimum Gasteiger partial charge on any atom is -0.502 e. The number of ether oxygens (including phenoxy) is 3. The van der Waals surface area contributed by atoms with Gasteiger partial charge in [0.25, 0.3) is 0 Å². The lowest BCUT2D eigenvalue weighted by molar-refractivity contribution is -0.142. The fraction of sp³-hybridized carbons (Fsp3) is 0.382. The number of aliphatic hydroxyl groups is 2. The van der Waals surface area contributed by atoms with E-state index < -0.39 is 28.9 Å². The second-order valence-corrected chi connectivity index (χ2v) is 10.1. The molecular weight excluding hydrogens is 536 g/mol. The first-order valence-corrected chi connectivity index (χ1v) is 14.1. The second kappa shape index (κ2) is 16.8. The highest BCUT2D eigenvalue weighted by Gasteiger charge is 2.31. The van der Waals surface area contributed by atoms with Gasteiger partial charge in [0.2, 0.25) is 0 Å². The Kier molecular flexibility index (Phi) is 13.6. The number of rotatable bonds is 15. The van der Waals surface area contributed by atoms with E-state index in [2.05, 4.69) is 0 Å². The number of allylic oxidation sites excluding steroid dienone is 3. The lowest BCUT2D eigenvalue weighted by atomic mass is 9.76. The van der Waals surface area contributed by atoms with Crippen molar-refractivity contribution < 1.29 is 38.8 Å². The van der Waals surface area contributed by atoms with Crippen molar-refractivity contribution in [2.75, 3.05) is 19.8 Å². The van der Waals surface area contributed by atoms with E-state index in [0.717, 1.165) is 22.3 Å². The van der Waals surface area contributed by atoms with Gasteiger partial charge >= 0.3 is 17.9 Å². The maximum atomic E-state index is 12.5. The highest BCUT2D eigenvalue weighted by Crippen LogP contribution is 2.33. The molecule has 2 rings (SSSR count). The Morgan fingerprint density at radius 2 is 1.07 bits per heavy atom. The number of hydrogen-bond donors (Lipinski definition) is 2. The van der Waals surface area contributed by atoms with Gasteiger partial charge < -0.3 is 24.4 Å². The summed E-state index contributed by atoms with van der Waals surface area (Å²) in [5, 5.41) is 18.8. The highest BCUT2D eigenvalue weighted by molar-refractivity contribution is 5.87. The molecule has 0 aromatic heterocycles. The molecule has 2 N–H and O–H groups in total. The van der Waals surface area contributed by atoms with Crippen LogP contribution in [0.15, 0.2) is 83.9 Å². The molecule has 0 atom stereocenters. The average molecular weight is 579 g/mol. The van der Waals surface area contributed by atoms with Gasteiger partial charge in [0.15, 0.2) is 11.5 Å². The highest BCUT2D eigenvalue weighted by atomic mass is 16.6. The average Bonchev–Trinajstić information content (AvgIpc) is 3.02. The normalized spacial score (nSPS) is 13.7. The summed E-state index contributed by atoms with van der Waals surface area (Å²) in [5.74, 6) is -2.63. The van der Waals surface area contributed by atoms with Crippen molar-refractivity contribution >= 4 is 17.9 Å². The summed E-state index contributed by atoms with van der Waals surface area (Å²) in [5.41, 5.74) is 3.99. The molecule has 0 saturated carbocycles. The van der Waals surface area contributed by atoms with E-state index in [0.29, 0.717) is 31.3 Å². The Balaban J connectivity index is 2.13. The Morgan fingerprint density at radius 1 is 0.667 bits per heavy atom. The Labute approximate surface area is 248 Å². The molecule has 0 fully saturated rings. The van der Waals surface area contributed by atoms with Crippen LogP contribution in [-0.2, 0) is 46.9 Å². The molecule has 0 saturated heterocycles.